The first-order valence-corrected chi connectivity index (χ1v) is 3.87. The van der Waals surface area contributed by atoms with Gasteiger partial charge in [-0.05, 0) is 6.92 Å². The fourth-order valence-corrected chi connectivity index (χ4v) is 0.768. The van der Waals surface area contributed by atoms with E-state index in [0.717, 1.165) is 6.92 Å². The zero-order valence-corrected chi connectivity index (χ0v) is 8.00. The van der Waals surface area contributed by atoms with E-state index in [1.54, 1.807) is 0 Å². The minimum absolute atomic E-state index is 0.250. The Morgan fingerprint density at radius 2 is 1.20 bits per heavy atom. The molecule has 0 radical (unpaired) electrons. The van der Waals surface area contributed by atoms with Crippen molar-refractivity contribution in [2.75, 3.05) is 13.2 Å². The van der Waals surface area contributed by atoms with E-state index in [0.29, 0.717) is 0 Å². The first-order chi connectivity index (χ1) is 6.46. The smallest absolute Gasteiger partial charge is 0.343 e. The first kappa shape index (κ1) is 14.5. The lowest BCUT2D eigenvalue weighted by molar-refractivity contribution is -0.271. The predicted octanol–water partition coefficient (Wildman–Crippen LogP) is 2.88. The Kier molecular flexibility index (Phi) is 4.41. The Bertz CT molecular complexity index is 185. The summed E-state index contributed by atoms with van der Waals surface area (Å²) < 4.78 is 73.3. The second-order valence-corrected chi connectivity index (χ2v) is 2.96. The summed E-state index contributed by atoms with van der Waals surface area (Å²) in [6.07, 6.45) is -5.50. The Morgan fingerprint density at radius 3 is 1.33 bits per heavy atom. The summed E-state index contributed by atoms with van der Waals surface area (Å²) in [6, 6.07) is 0. The fraction of sp³-hybridized carbons (Fsp3) is 1.00. The lowest BCUT2D eigenvalue weighted by atomic mass is 10.2. The van der Waals surface area contributed by atoms with Gasteiger partial charge >= 0.3 is 6.43 Å². The van der Waals surface area contributed by atoms with Crippen molar-refractivity contribution < 1.29 is 35.8 Å². The van der Waals surface area contributed by atoms with Crippen molar-refractivity contribution in [2.24, 2.45) is 0 Å². The first-order valence-electron chi connectivity index (χ1n) is 3.87. The molecule has 92 valence electrons. The van der Waals surface area contributed by atoms with E-state index in [4.69, 9.17) is 9.47 Å². The summed E-state index contributed by atoms with van der Waals surface area (Å²) in [4.78, 5) is 0. The average Bonchev–Trinajstić information content (AvgIpc) is 2.30. The van der Waals surface area contributed by atoms with Crippen LogP contribution >= 0.6 is 0 Å². The van der Waals surface area contributed by atoms with Crippen molar-refractivity contribution in [3.63, 3.8) is 0 Å². The number of hydrogen-bond acceptors (Lipinski definition) is 2. The zero-order chi connectivity index (χ0) is 12.3. The highest BCUT2D eigenvalue weighted by Crippen LogP contribution is 2.35. The third-order valence-corrected chi connectivity index (χ3v) is 1.64. The fourth-order valence-electron chi connectivity index (χ4n) is 0.768. The van der Waals surface area contributed by atoms with E-state index < -0.39 is 18.1 Å². The van der Waals surface area contributed by atoms with Crippen molar-refractivity contribution >= 4 is 0 Å². The molecular formula is C7H10F6O2. The van der Waals surface area contributed by atoms with Crippen molar-refractivity contribution in [2.45, 2.75) is 32.0 Å². The van der Waals surface area contributed by atoms with Gasteiger partial charge in [0.15, 0.2) is 0 Å². The van der Waals surface area contributed by atoms with Gasteiger partial charge in [0, 0.05) is 6.92 Å². The molecule has 1 fully saturated rings. The standard InChI is InChI=1S/C6H10F2O2.CF4/c1-5(7,8)6(2)9-3-4-10-6;2-1(3,4)5/h3-4H2,1-2H3;. The summed E-state index contributed by atoms with van der Waals surface area (Å²) in [7, 11) is 0. The predicted molar refractivity (Wildman–Crippen MR) is 38.1 cm³/mol. The van der Waals surface area contributed by atoms with Gasteiger partial charge in [0.1, 0.15) is 0 Å². The molecule has 0 saturated carbocycles. The Morgan fingerprint density at radius 1 is 0.933 bits per heavy atom. The molecule has 15 heavy (non-hydrogen) atoms. The Hall–Kier alpha value is -0.500. The summed E-state index contributed by atoms with van der Waals surface area (Å²) >= 11 is 0. The highest BCUT2D eigenvalue weighted by atomic mass is 19.5. The van der Waals surface area contributed by atoms with Crippen molar-refractivity contribution in [3.05, 3.63) is 0 Å². The average molecular weight is 240 g/mol. The second kappa shape index (κ2) is 4.56. The molecule has 0 spiro atoms. The molecule has 1 aliphatic heterocycles. The van der Waals surface area contributed by atoms with Gasteiger partial charge in [-0.25, -0.2) is 8.78 Å². The SMILES string of the molecule is CC(F)(F)C1(C)OCCO1.FC(F)(F)F. The van der Waals surface area contributed by atoms with E-state index in [1.807, 2.05) is 0 Å². The molecule has 0 aromatic rings. The van der Waals surface area contributed by atoms with Crippen LogP contribution in [0, 0.1) is 0 Å². The van der Waals surface area contributed by atoms with Crippen molar-refractivity contribution in [1.82, 2.24) is 0 Å². The lowest BCUT2D eigenvalue weighted by Crippen LogP contribution is -2.44. The maximum Gasteiger partial charge on any atom is 0.559 e. The van der Waals surface area contributed by atoms with Crippen LogP contribution in [-0.2, 0) is 9.47 Å². The van der Waals surface area contributed by atoms with Gasteiger partial charge < -0.3 is 9.47 Å². The highest BCUT2D eigenvalue weighted by Gasteiger charge is 2.51. The molecule has 1 heterocycles. The van der Waals surface area contributed by atoms with Crippen LogP contribution in [-0.4, -0.2) is 31.4 Å². The lowest BCUT2D eigenvalue weighted by Gasteiger charge is -2.28. The van der Waals surface area contributed by atoms with Gasteiger partial charge in [0.05, 0.1) is 13.2 Å². The molecule has 0 aromatic heterocycles. The molecule has 1 rings (SSSR count). The quantitative estimate of drug-likeness (QED) is 0.656. The molecule has 0 atom stereocenters. The normalized spacial score (nSPS) is 20.8. The van der Waals surface area contributed by atoms with Crippen LogP contribution in [0.1, 0.15) is 13.8 Å². The zero-order valence-electron chi connectivity index (χ0n) is 8.00. The minimum Gasteiger partial charge on any atom is -0.343 e. The molecule has 1 saturated heterocycles. The minimum atomic E-state index is -5.50. The maximum absolute atomic E-state index is 12.6. The molecule has 0 aromatic carbocycles. The van der Waals surface area contributed by atoms with Crippen LogP contribution in [0.4, 0.5) is 26.3 Å². The van der Waals surface area contributed by atoms with Gasteiger partial charge in [-0.15, -0.1) is 17.6 Å². The summed E-state index contributed by atoms with van der Waals surface area (Å²) in [6.45, 7) is 2.54. The number of hydrogen-bond donors (Lipinski definition) is 0. The van der Waals surface area contributed by atoms with E-state index in [1.165, 1.54) is 6.92 Å². The van der Waals surface area contributed by atoms with Crippen LogP contribution in [0.3, 0.4) is 0 Å². The number of halogens is 6. The van der Waals surface area contributed by atoms with Crippen LogP contribution in [0.2, 0.25) is 0 Å². The van der Waals surface area contributed by atoms with Crippen molar-refractivity contribution in [3.8, 4) is 0 Å². The van der Waals surface area contributed by atoms with Gasteiger partial charge in [0.2, 0.25) is 5.79 Å². The molecule has 0 unspecified atom stereocenters. The van der Waals surface area contributed by atoms with Crippen molar-refractivity contribution in [1.29, 1.82) is 0 Å². The molecule has 8 heteroatoms. The van der Waals surface area contributed by atoms with Gasteiger partial charge in [-0.1, -0.05) is 0 Å². The molecule has 0 bridgehead atoms. The molecule has 0 N–H and O–H groups in total. The number of rotatable bonds is 1. The number of alkyl halides is 6. The third kappa shape index (κ3) is 5.83. The van der Waals surface area contributed by atoms with Gasteiger partial charge in [-0.2, -0.15) is 0 Å². The number of ether oxygens (including phenoxy) is 2. The van der Waals surface area contributed by atoms with Crippen LogP contribution < -0.4 is 0 Å². The molecule has 0 amide bonds. The molecule has 2 nitrogen and oxygen atoms in total. The molecule has 1 aliphatic rings. The summed E-state index contributed by atoms with van der Waals surface area (Å²) in [5.41, 5.74) is 0. The van der Waals surface area contributed by atoms with Gasteiger partial charge in [0.25, 0.3) is 5.92 Å². The van der Waals surface area contributed by atoms with E-state index in [-0.39, 0.29) is 13.2 Å². The van der Waals surface area contributed by atoms with Crippen LogP contribution in [0.5, 0.6) is 0 Å². The molecule has 0 aliphatic carbocycles. The van der Waals surface area contributed by atoms with Crippen LogP contribution in [0.25, 0.3) is 0 Å². The summed E-state index contributed by atoms with van der Waals surface area (Å²) in [5, 5.41) is 0. The largest absolute Gasteiger partial charge is 0.559 e. The maximum atomic E-state index is 12.6. The summed E-state index contributed by atoms with van der Waals surface area (Å²) in [5.74, 6) is -4.63. The monoisotopic (exact) mass is 240 g/mol. The Labute approximate surface area is 82.1 Å². The second-order valence-electron chi connectivity index (χ2n) is 2.96. The van der Waals surface area contributed by atoms with E-state index in [9.17, 15) is 26.3 Å². The van der Waals surface area contributed by atoms with E-state index >= 15 is 0 Å². The third-order valence-electron chi connectivity index (χ3n) is 1.64. The topological polar surface area (TPSA) is 18.5 Å². The van der Waals surface area contributed by atoms with Crippen LogP contribution in [0.15, 0.2) is 0 Å². The highest BCUT2D eigenvalue weighted by molar-refractivity contribution is 4.81. The van der Waals surface area contributed by atoms with E-state index in [2.05, 4.69) is 0 Å². The van der Waals surface area contributed by atoms with Gasteiger partial charge in [-0.3, -0.25) is 0 Å². The Balaban J connectivity index is 0.000000336. The molecular weight excluding hydrogens is 230 g/mol.